The van der Waals surface area contributed by atoms with Gasteiger partial charge in [0.2, 0.25) is 5.71 Å². The van der Waals surface area contributed by atoms with Gasteiger partial charge in [-0.2, -0.15) is 15.6 Å². The zero-order chi connectivity index (χ0) is 15.2. The molecule has 1 aliphatic rings. The topological polar surface area (TPSA) is 118 Å². The highest BCUT2D eigenvalue weighted by atomic mass is 16.6. The van der Waals surface area contributed by atoms with E-state index in [-0.39, 0.29) is 11.4 Å². The van der Waals surface area contributed by atoms with Gasteiger partial charge in [-0.05, 0) is 25.0 Å². The van der Waals surface area contributed by atoms with Crippen molar-refractivity contribution in [3.05, 3.63) is 28.3 Å². The number of anilines is 2. The summed E-state index contributed by atoms with van der Waals surface area (Å²) >= 11 is 0. The fourth-order valence-corrected chi connectivity index (χ4v) is 2.14. The number of benzene rings is 1. The number of nitro groups is 1. The van der Waals surface area contributed by atoms with E-state index in [1.54, 1.807) is 24.3 Å². The minimum atomic E-state index is -0.538. The average molecular weight is 284 g/mol. The zero-order valence-corrected chi connectivity index (χ0v) is 11.1. The van der Waals surface area contributed by atoms with Crippen LogP contribution < -0.4 is 10.3 Å². The maximum absolute atomic E-state index is 11.0. The van der Waals surface area contributed by atoms with Crippen molar-refractivity contribution in [2.45, 2.75) is 12.8 Å². The molecular weight excluding hydrogens is 272 g/mol. The highest BCUT2D eigenvalue weighted by Crippen LogP contribution is 2.31. The summed E-state index contributed by atoms with van der Waals surface area (Å²) in [7, 11) is 0. The van der Waals surface area contributed by atoms with Crippen LogP contribution in [0.3, 0.4) is 0 Å². The van der Waals surface area contributed by atoms with Gasteiger partial charge in [0.05, 0.1) is 4.92 Å². The van der Waals surface area contributed by atoms with Crippen LogP contribution in [0, 0.1) is 32.8 Å². The van der Waals surface area contributed by atoms with Gasteiger partial charge >= 0.3 is 0 Å². The molecule has 8 heteroatoms. The van der Waals surface area contributed by atoms with E-state index in [0.29, 0.717) is 0 Å². The third-order valence-electron chi connectivity index (χ3n) is 3.15. The van der Waals surface area contributed by atoms with Gasteiger partial charge in [-0.25, -0.2) is 0 Å². The van der Waals surface area contributed by atoms with Crippen LogP contribution >= 0.6 is 0 Å². The standard InChI is InChI=1S/C13H12N6O2/c14-8-10(9-15)16-17-12-7-11(18-5-1-2-6-18)3-4-13(12)19(20)21/h3-4,7,17H,1-2,5-6H2. The Hall–Kier alpha value is -3.13. The van der Waals surface area contributed by atoms with Crippen LogP contribution in [0.5, 0.6) is 0 Å². The van der Waals surface area contributed by atoms with E-state index in [9.17, 15) is 10.1 Å². The Morgan fingerprint density at radius 3 is 2.57 bits per heavy atom. The molecule has 21 heavy (non-hydrogen) atoms. The van der Waals surface area contributed by atoms with E-state index in [0.717, 1.165) is 31.6 Å². The highest BCUT2D eigenvalue weighted by Gasteiger charge is 2.18. The molecule has 0 radical (unpaired) electrons. The quantitative estimate of drug-likeness (QED) is 0.513. The van der Waals surface area contributed by atoms with Gasteiger partial charge < -0.3 is 4.90 Å². The summed E-state index contributed by atoms with van der Waals surface area (Å²) in [6.07, 6.45) is 2.18. The van der Waals surface area contributed by atoms with Gasteiger partial charge in [0.1, 0.15) is 17.8 Å². The van der Waals surface area contributed by atoms with Crippen LogP contribution in [0.4, 0.5) is 17.1 Å². The minimum absolute atomic E-state index is 0.156. The Morgan fingerprint density at radius 2 is 2.00 bits per heavy atom. The van der Waals surface area contributed by atoms with Crippen LogP contribution in [0.15, 0.2) is 23.3 Å². The molecule has 1 heterocycles. The van der Waals surface area contributed by atoms with Crippen molar-refractivity contribution in [1.29, 1.82) is 10.5 Å². The number of rotatable bonds is 4. The van der Waals surface area contributed by atoms with Crippen molar-refractivity contribution in [3.8, 4) is 12.1 Å². The first-order valence-electron chi connectivity index (χ1n) is 6.33. The van der Waals surface area contributed by atoms with E-state index in [2.05, 4.69) is 15.4 Å². The average Bonchev–Trinajstić information content (AvgIpc) is 3.02. The molecule has 2 rings (SSSR count). The predicted molar refractivity (Wildman–Crippen MR) is 76.8 cm³/mol. The number of nitrogens with one attached hydrogen (secondary N) is 1. The molecule has 1 aromatic rings. The van der Waals surface area contributed by atoms with Gasteiger partial charge in [0, 0.05) is 24.8 Å². The van der Waals surface area contributed by atoms with Crippen LogP contribution in [0.2, 0.25) is 0 Å². The molecule has 1 aliphatic heterocycles. The Labute approximate surface area is 121 Å². The molecule has 0 amide bonds. The Balaban J connectivity index is 2.33. The lowest BCUT2D eigenvalue weighted by molar-refractivity contribution is -0.383. The first-order chi connectivity index (χ1) is 10.2. The monoisotopic (exact) mass is 284 g/mol. The lowest BCUT2D eigenvalue weighted by Gasteiger charge is -2.18. The number of hydrazone groups is 1. The second kappa shape index (κ2) is 6.35. The van der Waals surface area contributed by atoms with E-state index >= 15 is 0 Å². The minimum Gasteiger partial charge on any atom is -0.371 e. The summed E-state index contributed by atoms with van der Waals surface area (Å²) in [5.41, 5.74) is 2.90. The molecule has 0 atom stereocenters. The molecular formula is C13H12N6O2. The van der Waals surface area contributed by atoms with Crippen molar-refractivity contribution in [1.82, 2.24) is 0 Å². The molecule has 106 valence electrons. The lowest BCUT2D eigenvalue weighted by atomic mass is 10.2. The molecule has 0 saturated carbocycles. The molecule has 0 unspecified atom stereocenters. The molecule has 0 aromatic heterocycles. The van der Waals surface area contributed by atoms with Gasteiger partial charge in [-0.15, -0.1) is 0 Å². The van der Waals surface area contributed by atoms with E-state index in [4.69, 9.17) is 10.5 Å². The fraction of sp³-hybridized carbons (Fsp3) is 0.308. The Morgan fingerprint density at radius 1 is 1.33 bits per heavy atom. The van der Waals surface area contributed by atoms with Gasteiger partial charge in [-0.1, -0.05) is 0 Å². The second-order valence-electron chi connectivity index (χ2n) is 4.45. The number of hydrogen-bond acceptors (Lipinski definition) is 7. The maximum atomic E-state index is 11.0. The molecule has 0 aliphatic carbocycles. The van der Waals surface area contributed by atoms with Crippen molar-refractivity contribution in [3.63, 3.8) is 0 Å². The molecule has 8 nitrogen and oxygen atoms in total. The first-order valence-corrected chi connectivity index (χ1v) is 6.33. The molecule has 0 spiro atoms. The maximum Gasteiger partial charge on any atom is 0.294 e. The van der Waals surface area contributed by atoms with Crippen molar-refractivity contribution in [2.24, 2.45) is 5.10 Å². The number of nitriles is 2. The molecule has 1 fully saturated rings. The summed E-state index contributed by atoms with van der Waals surface area (Å²) in [5, 5.41) is 31.8. The fourth-order valence-electron chi connectivity index (χ4n) is 2.14. The summed E-state index contributed by atoms with van der Waals surface area (Å²) < 4.78 is 0. The van der Waals surface area contributed by atoms with Gasteiger partial charge in [0.15, 0.2) is 0 Å². The van der Waals surface area contributed by atoms with Crippen LogP contribution in [-0.2, 0) is 0 Å². The van der Waals surface area contributed by atoms with Crippen molar-refractivity contribution >= 4 is 22.8 Å². The number of nitro benzene ring substituents is 1. The Kier molecular flexibility index (Phi) is 4.32. The van der Waals surface area contributed by atoms with E-state index < -0.39 is 10.6 Å². The summed E-state index contributed by atoms with van der Waals surface area (Å²) in [6, 6.07) is 7.86. The van der Waals surface area contributed by atoms with E-state index in [1.807, 2.05) is 0 Å². The second-order valence-corrected chi connectivity index (χ2v) is 4.45. The van der Waals surface area contributed by atoms with Crippen LogP contribution in [-0.4, -0.2) is 23.7 Å². The van der Waals surface area contributed by atoms with E-state index in [1.165, 1.54) is 6.07 Å². The normalized spacial score (nSPS) is 13.1. The smallest absolute Gasteiger partial charge is 0.294 e. The number of hydrogen-bond donors (Lipinski definition) is 1. The Bertz CT molecular complexity index is 648. The summed E-state index contributed by atoms with van der Waals surface area (Å²) in [6.45, 7) is 1.81. The summed E-state index contributed by atoms with van der Waals surface area (Å²) in [4.78, 5) is 12.6. The zero-order valence-electron chi connectivity index (χ0n) is 11.1. The summed E-state index contributed by atoms with van der Waals surface area (Å²) in [5.74, 6) is 0. The number of nitrogens with zero attached hydrogens (tertiary/aromatic N) is 5. The van der Waals surface area contributed by atoms with Crippen LogP contribution in [0.1, 0.15) is 12.8 Å². The van der Waals surface area contributed by atoms with Crippen molar-refractivity contribution < 1.29 is 4.92 Å². The third kappa shape index (κ3) is 3.25. The molecule has 1 N–H and O–H groups in total. The van der Waals surface area contributed by atoms with Gasteiger partial charge in [-0.3, -0.25) is 15.5 Å². The molecule has 0 bridgehead atoms. The molecule has 1 saturated heterocycles. The SMILES string of the molecule is N#CC(C#N)=NNc1cc(N2CCCC2)ccc1[N+](=O)[O-]. The third-order valence-corrected chi connectivity index (χ3v) is 3.15. The predicted octanol–water partition coefficient (Wildman–Crippen LogP) is 2.01. The molecule has 1 aromatic carbocycles. The first kappa shape index (κ1) is 14.3. The lowest BCUT2D eigenvalue weighted by Crippen LogP contribution is -2.17. The largest absolute Gasteiger partial charge is 0.371 e. The van der Waals surface area contributed by atoms with Crippen molar-refractivity contribution in [2.75, 3.05) is 23.4 Å². The van der Waals surface area contributed by atoms with Crippen LogP contribution in [0.25, 0.3) is 0 Å². The van der Waals surface area contributed by atoms with Gasteiger partial charge in [0.25, 0.3) is 5.69 Å². The highest BCUT2D eigenvalue weighted by molar-refractivity contribution is 6.10.